The summed E-state index contributed by atoms with van der Waals surface area (Å²) < 4.78 is 0. The standard InChI is InChI=1S/C64H47N5/c1-4-5-24-53-41(2)33-46-18-9-10-25-56(46)61(53)52-38-50(45-21-13-19-43(34-45)44-20-14-23-49(35-44)63(65)69-64(66-3)42-16-7-6-8-17-42)37-51(39-52)54-27-15-22-47-36-48(29-30-55(47)54)62-59-40-67-32-31-57(59)58-26-11-12-28-60(58)68-62/h5-40,65H,3-4H2,1-2H3/b24-5-,65-63?,69-64?. The molecule has 328 valence electrons. The number of amidine groups is 2. The minimum atomic E-state index is 0.121. The summed E-state index contributed by atoms with van der Waals surface area (Å²) in [6, 6.07) is 68.3. The van der Waals surface area contributed by atoms with Gasteiger partial charge >= 0.3 is 0 Å². The summed E-state index contributed by atoms with van der Waals surface area (Å²) in [6.07, 6.45) is 9.29. The summed E-state index contributed by atoms with van der Waals surface area (Å²) in [4.78, 5) is 18.5. The molecule has 11 aromatic rings. The van der Waals surface area contributed by atoms with Gasteiger partial charge in [-0.1, -0.05) is 165 Å². The second kappa shape index (κ2) is 18.4. The van der Waals surface area contributed by atoms with Gasteiger partial charge in [-0.2, -0.15) is 0 Å². The van der Waals surface area contributed by atoms with Crippen LogP contribution in [0.4, 0.5) is 0 Å². The van der Waals surface area contributed by atoms with Crippen LogP contribution in [-0.2, 0) is 0 Å². The van der Waals surface area contributed by atoms with E-state index in [1.54, 1.807) is 0 Å². The highest BCUT2D eigenvalue weighted by Crippen LogP contribution is 2.42. The highest BCUT2D eigenvalue weighted by Gasteiger charge is 2.18. The van der Waals surface area contributed by atoms with Crippen LogP contribution in [0.1, 0.15) is 35.6 Å². The van der Waals surface area contributed by atoms with Gasteiger partial charge in [-0.15, -0.1) is 0 Å². The van der Waals surface area contributed by atoms with Gasteiger partial charge in [-0.05, 0) is 151 Å². The van der Waals surface area contributed by atoms with E-state index >= 15 is 0 Å². The Balaban J connectivity index is 1.07. The first-order valence-electron chi connectivity index (χ1n) is 23.3. The number of hydrogen-bond donors (Lipinski definition) is 1. The van der Waals surface area contributed by atoms with Crippen molar-refractivity contribution in [1.82, 2.24) is 9.97 Å². The van der Waals surface area contributed by atoms with E-state index in [2.05, 4.69) is 187 Å². The number of pyridine rings is 2. The van der Waals surface area contributed by atoms with Gasteiger partial charge < -0.3 is 0 Å². The number of hydrogen-bond acceptors (Lipinski definition) is 3. The van der Waals surface area contributed by atoms with Crippen molar-refractivity contribution in [2.45, 2.75) is 20.3 Å². The van der Waals surface area contributed by atoms with Crippen LogP contribution in [0.25, 0.3) is 105 Å². The van der Waals surface area contributed by atoms with E-state index in [4.69, 9.17) is 10.4 Å². The maximum absolute atomic E-state index is 8.98. The molecule has 5 heteroatoms. The average molecular weight is 886 g/mol. The van der Waals surface area contributed by atoms with Crippen LogP contribution in [0.15, 0.2) is 223 Å². The smallest absolute Gasteiger partial charge is 0.161 e. The molecule has 0 amide bonds. The van der Waals surface area contributed by atoms with Crippen LogP contribution >= 0.6 is 0 Å². The number of aliphatic imine (C=N–C) groups is 2. The third kappa shape index (κ3) is 8.21. The van der Waals surface area contributed by atoms with Crippen molar-refractivity contribution in [3.8, 4) is 55.8 Å². The summed E-state index contributed by atoms with van der Waals surface area (Å²) in [5.74, 6) is 0.536. The third-order valence-electron chi connectivity index (χ3n) is 13.1. The van der Waals surface area contributed by atoms with Gasteiger partial charge in [-0.25, -0.2) is 15.0 Å². The van der Waals surface area contributed by atoms with Crippen molar-refractivity contribution >= 4 is 67.7 Å². The number of para-hydroxylation sites is 1. The molecule has 0 aliphatic heterocycles. The van der Waals surface area contributed by atoms with Crippen molar-refractivity contribution in [3.63, 3.8) is 0 Å². The highest BCUT2D eigenvalue weighted by molar-refractivity contribution is 6.13. The van der Waals surface area contributed by atoms with Gasteiger partial charge in [0.2, 0.25) is 0 Å². The monoisotopic (exact) mass is 885 g/mol. The predicted molar refractivity (Wildman–Crippen MR) is 293 cm³/mol. The van der Waals surface area contributed by atoms with E-state index in [1.165, 1.54) is 27.5 Å². The van der Waals surface area contributed by atoms with Gasteiger partial charge in [0.1, 0.15) is 0 Å². The Hall–Kier alpha value is -8.93. The lowest BCUT2D eigenvalue weighted by molar-refractivity contribution is 1.23. The van der Waals surface area contributed by atoms with Crippen LogP contribution in [0.5, 0.6) is 0 Å². The van der Waals surface area contributed by atoms with E-state index in [-0.39, 0.29) is 5.84 Å². The molecule has 5 nitrogen and oxygen atoms in total. The van der Waals surface area contributed by atoms with Crippen molar-refractivity contribution in [1.29, 1.82) is 5.41 Å². The third-order valence-corrected chi connectivity index (χ3v) is 13.1. The summed E-state index contributed by atoms with van der Waals surface area (Å²) in [5.41, 5.74) is 15.8. The number of rotatable bonds is 9. The lowest BCUT2D eigenvalue weighted by atomic mass is 9.85. The molecule has 0 fully saturated rings. The van der Waals surface area contributed by atoms with Gasteiger partial charge in [0.15, 0.2) is 11.7 Å². The van der Waals surface area contributed by atoms with E-state index in [0.29, 0.717) is 11.4 Å². The number of allylic oxidation sites excluding steroid dienone is 1. The molecule has 0 saturated heterocycles. The van der Waals surface area contributed by atoms with Crippen LogP contribution in [0, 0.1) is 12.3 Å². The number of benzene rings is 9. The fourth-order valence-electron chi connectivity index (χ4n) is 9.73. The molecule has 2 heterocycles. The maximum atomic E-state index is 8.98. The molecule has 0 spiro atoms. The number of nitrogens with zero attached hydrogens (tertiary/aromatic N) is 4. The zero-order chi connectivity index (χ0) is 46.8. The van der Waals surface area contributed by atoms with Crippen molar-refractivity contribution in [2.24, 2.45) is 9.98 Å². The first kappa shape index (κ1) is 42.7. The molecular weight excluding hydrogens is 839 g/mol. The molecule has 69 heavy (non-hydrogen) atoms. The van der Waals surface area contributed by atoms with Gasteiger partial charge in [-0.3, -0.25) is 10.4 Å². The summed E-state index contributed by atoms with van der Waals surface area (Å²) >= 11 is 0. The van der Waals surface area contributed by atoms with Crippen LogP contribution in [0.3, 0.4) is 0 Å². The minimum Gasteiger partial charge on any atom is -0.282 e. The molecule has 0 aliphatic rings. The molecule has 0 aliphatic carbocycles. The van der Waals surface area contributed by atoms with Crippen LogP contribution < -0.4 is 0 Å². The molecule has 0 saturated carbocycles. The second-order valence-corrected chi connectivity index (χ2v) is 17.4. The Morgan fingerprint density at radius 3 is 2.06 bits per heavy atom. The largest absolute Gasteiger partial charge is 0.282 e. The fraction of sp³-hybridized carbons (Fsp3) is 0.0469. The zero-order valence-electron chi connectivity index (χ0n) is 38.5. The number of nitrogens with one attached hydrogen (secondary N) is 1. The second-order valence-electron chi connectivity index (χ2n) is 17.4. The molecule has 0 bridgehead atoms. The fourth-order valence-corrected chi connectivity index (χ4v) is 9.73. The summed E-state index contributed by atoms with van der Waals surface area (Å²) in [5, 5.41) is 17.0. The summed E-state index contributed by atoms with van der Waals surface area (Å²) in [6.45, 7) is 8.15. The molecule has 0 radical (unpaired) electrons. The lowest BCUT2D eigenvalue weighted by Crippen LogP contribution is -2.03. The molecule has 9 aromatic carbocycles. The molecule has 2 aromatic heterocycles. The van der Waals surface area contributed by atoms with Crippen LogP contribution in [-0.4, -0.2) is 28.4 Å². The zero-order valence-corrected chi connectivity index (χ0v) is 38.5. The first-order valence-corrected chi connectivity index (χ1v) is 23.3. The Morgan fingerprint density at radius 1 is 0.551 bits per heavy atom. The SMILES string of the molecule is C=NC(=NC(=N)c1cccc(-c2cccc(-c3cc(-c4cccc5cc(-c6nc7ccccc7c7ccncc67)ccc45)cc(-c4c(/C=C\CC)c(C)cc5ccccc45)c3)c2)c1)c1ccccc1. The lowest BCUT2D eigenvalue weighted by Gasteiger charge is -2.18. The van der Waals surface area contributed by atoms with Crippen molar-refractivity contribution in [3.05, 3.63) is 235 Å². The molecule has 0 atom stereocenters. The van der Waals surface area contributed by atoms with E-state index in [1.807, 2.05) is 67.0 Å². The van der Waals surface area contributed by atoms with Crippen molar-refractivity contribution in [2.75, 3.05) is 0 Å². The van der Waals surface area contributed by atoms with Gasteiger partial charge in [0.05, 0.1) is 11.2 Å². The Labute approximate surface area is 402 Å². The van der Waals surface area contributed by atoms with Crippen LogP contribution in [0.2, 0.25) is 0 Å². The molecule has 0 unspecified atom stereocenters. The maximum Gasteiger partial charge on any atom is 0.161 e. The quantitative estimate of drug-likeness (QED) is 0.0891. The predicted octanol–water partition coefficient (Wildman–Crippen LogP) is 16.6. The number of aryl methyl sites for hydroxylation is 1. The Morgan fingerprint density at radius 2 is 1.22 bits per heavy atom. The highest BCUT2D eigenvalue weighted by atomic mass is 14.9. The molecular formula is C64H47N5. The van der Waals surface area contributed by atoms with E-state index < -0.39 is 0 Å². The Kier molecular flexibility index (Phi) is 11.4. The Bertz CT molecular complexity index is 3880. The minimum absolute atomic E-state index is 0.121. The molecule has 11 rings (SSSR count). The topological polar surface area (TPSA) is 74.3 Å². The van der Waals surface area contributed by atoms with Gasteiger partial charge in [0, 0.05) is 39.9 Å². The number of aromatic nitrogens is 2. The number of fused-ring (bicyclic) bond motifs is 5. The molecule has 1 N–H and O–H groups in total. The summed E-state index contributed by atoms with van der Waals surface area (Å²) in [7, 11) is 0. The van der Waals surface area contributed by atoms with Crippen molar-refractivity contribution < 1.29 is 0 Å². The van der Waals surface area contributed by atoms with Gasteiger partial charge in [0.25, 0.3) is 0 Å². The average Bonchev–Trinajstić information content (AvgIpc) is 3.41. The van der Waals surface area contributed by atoms with E-state index in [9.17, 15) is 0 Å². The first-order chi connectivity index (χ1) is 33.9. The van der Waals surface area contributed by atoms with E-state index in [0.717, 1.165) is 94.6 Å². The normalized spacial score (nSPS) is 11.8.